The Morgan fingerprint density at radius 3 is 2.31 bits per heavy atom. The first-order valence-electron chi connectivity index (χ1n) is 13.9. The van der Waals surface area contributed by atoms with E-state index in [0.29, 0.717) is 23.7 Å². The number of rotatable bonds is 3. The first kappa shape index (κ1) is 25.8. The van der Waals surface area contributed by atoms with Gasteiger partial charge in [0.05, 0.1) is 5.60 Å². The molecule has 4 aliphatic carbocycles. The maximum absolute atomic E-state index is 13.3. The molecule has 0 radical (unpaired) electrons. The fourth-order valence-electron chi connectivity index (χ4n) is 10.1. The van der Waals surface area contributed by atoms with E-state index in [4.69, 9.17) is 0 Å². The van der Waals surface area contributed by atoms with Gasteiger partial charge in [-0.1, -0.05) is 33.8 Å². The van der Waals surface area contributed by atoms with Crippen molar-refractivity contribution < 1.29 is 23.4 Å². The van der Waals surface area contributed by atoms with Gasteiger partial charge in [-0.15, -0.1) is 0 Å². The van der Waals surface area contributed by atoms with Gasteiger partial charge in [-0.05, 0) is 111 Å². The molecule has 0 aromatic heterocycles. The summed E-state index contributed by atoms with van der Waals surface area (Å²) < 4.78 is 40.0. The normalized spacial score (nSPS) is 51.3. The highest BCUT2D eigenvalue weighted by Gasteiger charge is 2.64. The highest BCUT2D eigenvalue weighted by atomic mass is 19.4. The second-order valence-electron chi connectivity index (χ2n) is 13.8. The molecule has 1 aliphatic heterocycles. The molecule has 35 heavy (non-hydrogen) atoms. The first-order valence-corrected chi connectivity index (χ1v) is 13.9. The molecule has 0 aromatic rings. The van der Waals surface area contributed by atoms with Crippen LogP contribution in [-0.2, 0) is 0 Å². The molecule has 0 spiro atoms. The molecule has 4 saturated carbocycles. The molecular formula is C29H44F3NO2. The second kappa shape index (κ2) is 8.31. The Morgan fingerprint density at radius 1 is 0.943 bits per heavy atom. The van der Waals surface area contributed by atoms with Gasteiger partial charge in [-0.3, -0.25) is 4.99 Å². The van der Waals surface area contributed by atoms with Crippen LogP contribution in [0.1, 0.15) is 91.9 Å². The largest absolute Gasteiger partial charge is 0.414 e. The number of aliphatic hydroxyl groups excluding tert-OH is 1. The molecule has 6 heteroatoms. The van der Waals surface area contributed by atoms with Crippen molar-refractivity contribution in [3.63, 3.8) is 0 Å². The van der Waals surface area contributed by atoms with Crippen LogP contribution >= 0.6 is 0 Å². The molecule has 3 nitrogen and oxygen atoms in total. The maximum Gasteiger partial charge on any atom is 0.414 e. The molecule has 5 aliphatic rings. The molecule has 0 bridgehead atoms. The molecule has 0 saturated heterocycles. The van der Waals surface area contributed by atoms with E-state index in [0.717, 1.165) is 64.2 Å². The van der Waals surface area contributed by atoms with Gasteiger partial charge in [-0.25, -0.2) is 0 Å². The van der Waals surface area contributed by atoms with E-state index in [9.17, 15) is 23.4 Å². The average molecular weight is 496 g/mol. The van der Waals surface area contributed by atoms with E-state index in [2.05, 4.69) is 31.8 Å². The Balaban J connectivity index is 1.34. The zero-order valence-electron chi connectivity index (χ0n) is 21.8. The molecule has 1 unspecified atom stereocenters. The smallest absolute Gasteiger partial charge is 0.389 e. The molecule has 1 heterocycles. The van der Waals surface area contributed by atoms with E-state index in [1.54, 1.807) is 6.92 Å². The van der Waals surface area contributed by atoms with Crippen molar-refractivity contribution >= 4 is 6.21 Å². The minimum Gasteiger partial charge on any atom is -0.389 e. The molecule has 5 rings (SSSR count). The van der Waals surface area contributed by atoms with E-state index in [1.165, 1.54) is 0 Å². The molecule has 198 valence electrons. The van der Waals surface area contributed by atoms with Gasteiger partial charge in [0.1, 0.15) is 0 Å². The molecule has 4 fully saturated rings. The Labute approximate surface area is 208 Å². The van der Waals surface area contributed by atoms with E-state index in [1.807, 2.05) is 12.4 Å². The van der Waals surface area contributed by atoms with Gasteiger partial charge >= 0.3 is 6.18 Å². The van der Waals surface area contributed by atoms with Crippen LogP contribution in [-0.4, -0.2) is 34.3 Å². The van der Waals surface area contributed by atoms with Crippen LogP contribution in [0.3, 0.4) is 0 Å². The van der Waals surface area contributed by atoms with E-state index < -0.39 is 23.8 Å². The summed E-state index contributed by atoms with van der Waals surface area (Å²) >= 11 is 0. The minimum absolute atomic E-state index is 0.0781. The third kappa shape index (κ3) is 3.78. The Morgan fingerprint density at radius 2 is 1.66 bits per heavy atom. The van der Waals surface area contributed by atoms with E-state index >= 15 is 0 Å². The van der Waals surface area contributed by atoms with Crippen molar-refractivity contribution in [1.82, 2.24) is 0 Å². The number of nitrogens with zero attached hydrogens (tertiary/aromatic N) is 1. The Hall–Kier alpha value is -0.880. The standard InChI is InChI=1S/C29H44F3NO2/c1-18(24(34)29(30,31)32)21-8-9-22-20-7-6-19-16-28(35,25(2)11-5-15-33-17-25)14-13-26(19,3)23(20)10-12-27(21,22)4/h5,15,17-24,34-35H,6-14,16H2,1-4H3/t18-,19+,20-,21+,22-,23-,24-,25?,26-,27+,28+/m0/s1. The van der Waals surface area contributed by atoms with Gasteiger partial charge in [0, 0.05) is 17.8 Å². The van der Waals surface area contributed by atoms with Gasteiger partial charge < -0.3 is 10.2 Å². The lowest BCUT2D eigenvalue weighted by Gasteiger charge is -2.63. The summed E-state index contributed by atoms with van der Waals surface area (Å²) in [6, 6.07) is 0. The lowest BCUT2D eigenvalue weighted by Crippen LogP contribution is -2.59. The predicted octanol–water partition coefficient (Wildman–Crippen LogP) is 6.93. The van der Waals surface area contributed by atoms with Crippen molar-refractivity contribution in [1.29, 1.82) is 0 Å². The van der Waals surface area contributed by atoms with Crippen LogP contribution in [0, 0.1) is 51.8 Å². The number of halogens is 3. The summed E-state index contributed by atoms with van der Waals surface area (Å²) in [4.78, 5) is 4.38. The van der Waals surface area contributed by atoms with Crippen molar-refractivity contribution in [2.45, 2.75) is 110 Å². The highest BCUT2D eigenvalue weighted by molar-refractivity contribution is 5.69. The van der Waals surface area contributed by atoms with Crippen LogP contribution in [0.4, 0.5) is 13.2 Å². The summed E-state index contributed by atoms with van der Waals surface area (Å²) in [7, 11) is 0. The molecule has 11 atom stereocenters. The summed E-state index contributed by atoms with van der Waals surface area (Å²) in [5, 5.41) is 21.9. The van der Waals surface area contributed by atoms with Crippen molar-refractivity contribution in [3.05, 3.63) is 12.3 Å². The number of aliphatic hydroxyl groups is 2. The summed E-state index contributed by atoms with van der Waals surface area (Å²) in [6.07, 6.45) is 8.55. The van der Waals surface area contributed by atoms with Crippen LogP contribution in [0.25, 0.3) is 0 Å². The van der Waals surface area contributed by atoms with Crippen LogP contribution < -0.4 is 0 Å². The minimum atomic E-state index is -4.55. The fourth-order valence-corrected chi connectivity index (χ4v) is 10.1. The lowest BCUT2D eigenvalue weighted by molar-refractivity contribution is -0.228. The summed E-state index contributed by atoms with van der Waals surface area (Å²) in [5.41, 5.74) is -0.990. The zero-order valence-corrected chi connectivity index (χ0v) is 21.8. The van der Waals surface area contributed by atoms with Crippen molar-refractivity contribution in [2.75, 3.05) is 0 Å². The van der Waals surface area contributed by atoms with Gasteiger partial charge in [0.15, 0.2) is 6.10 Å². The SMILES string of the molecule is C[C@@H]([C@H]1CC[C@H]2[C@@H]3CC[C@@H]4C[C@@](O)(C5(C)C=NC=CC5)CC[C@]4(C)[C@H]3CC[C@]12C)[C@H](O)C(F)(F)F. The zero-order chi connectivity index (χ0) is 25.4. The van der Waals surface area contributed by atoms with Crippen LogP contribution in [0.15, 0.2) is 17.3 Å². The quantitative estimate of drug-likeness (QED) is 0.446. The third-order valence-corrected chi connectivity index (χ3v) is 12.4. The molecular weight excluding hydrogens is 451 g/mol. The van der Waals surface area contributed by atoms with Crippen LogP contribution in [0.5, 0.6) is 0 Å². The lowest BCUT2D eigenvalue weighted by atomic mass is 9.42. The topological polar surface area (TPSA) is 52.8 Å². The maximum atomic E-state index is 13.3. The number of fused-ring (bicyclic) bond motifs is 5. The number of alkyl halides is 3. The average Bonchev–Trinajstić information content (AvgIpc) is 3.15. The third-order valence-electron chi connectivity index (χ3n) is 12.4. The summed E-state index contributed by atoms with van der Waals surface area (Å²) in [5.74, 6) is 1.22. The fraction of sp³-hybridized carbons (Fsp3) is 0.897. The van der Waals surface area contributed by atoms with Crippen LogP contribution in [0.2, 0.25) is 0 Å². The molecule has 0 amide bonds. The van der Waals surface area contributed by atoms with E-state index in [-0.39, 0.29) is 22.2 Å². The van der Waals surface area contributed by atoms with Gasteiger partial charge in [-0.2, -0.15) is 13.2 Å². The second-order valence-corrected chi connectivity index (χ2v) is 13.8. The predicted molar refractivity (Wildman–Crippen MR) is 132 cm³/mol. The highest BCUT2D eigenvalue weighted by Crippen LogP contribution is 2.69. The van der Waals surface area contributed by atoms with Gasteiger partial charge in [0.25, 0.3) is 0 Å². The molecule has 0 aromatic carbocycles. The Kier molecular flexibility index (Phi) is 6.12. The Bertz CT molecular complexity index is 888. The van der Waals surface area contributed by atoms with Crippen molar-refractivity contribution in [2.24, 2.45) is 56.7 Å². The van der Waals surface area contributed by atoms with Crippen molar-refractivity contribution in [3.8, 4) is 0 Å². The molecule has 2 N–H and O–H groups in total. The number of hydrogen-bond acceptors (Lipinski definition) is 3. The number of hydrogen-bond donors (Lipinski definition) is 2. The number of allylic oxidation sites excluding steroid dienone is 1. The monoisotopic (exact) mass is 495 g/mol. The van der Waals surface area contributed by atoms with Gasteiger partial charge in [0.2, 0.25) is 0 Å². The first-order chi connectivity index (χ1) is 16.3. The summed E-state index contributed by atoms with van der Waals surface area (Å²) in [6.45, 7) is 8.45. The number of aliphatic imine (C=N–C) groups is 1.